The lowest BCUT2D eigenvalue weighted by molar-refractivity contribution is 0.831. The first kappa shape index (κ1) is 13.8. The van der Waals surface area contributed by atoms with Gasteiger partial charge in [0.1, 0.15) is 10.4 Å². The molecule has 0 aliphatic heterocycles. The highest BCUT2D eigenvalue weighted by Gasteiger charge is 2.09. The van der Waals surface area contributed by atoms with Crippen molar-refractivity contribution in [2.24, 2.45) is 0 Å². The number of hydrogen-bond donors (Lipinski definition) is 0. The third-order valence-corrected chi connectivity index (χ3v) is 3.38. The molecule has 0 fully saturated rings. The number of aryl methyl sites for hydroxylation is 1. The lowest BCUT2D eigenvalue weighted by Gasteiger charge is -2.07. The molecular weight excluding hydrogens is 335 g/mol. The highest BCUT2D eigenvalue weighted by Crippen LogP contribution is 2.30. The van der Waals surface area contributed by atoms with E-state index in [1.807, 2.05) is 12.1 Å². The predicted molar refractivity (Wildman–Crippen MR) is 79.2 cm³/mol. The van der Waals surface area contributed by atoms with Gasteiger partial charge in [-0.3, -0.25) is 0 Å². The number of halogens is 3. The van der Waals surface area contributed by atoms with E-state index in [0.29, 0.717) is 10.0 Å². The Balaban J connectivity index is 2.49. The minimum atomic E-state index is 0.593. The Bertz CT molecular complexity index is 573. The van der Waals surface area contributed by atoms with Gasteiger partial charge < -0.3 is 0 Å². The van der Waals surface area contributed by atoms with E-state index < -0.39 is 0 Å². The van der Waals surface area contributed by atoms with Gasteiger partial charge in [0.2, 0.25) is 0 Å². The average Bonchev–Trinajstić information content (AvgIpc) is 2.28. The monoisotopic (exact) mass is 344 g/mol. The summed E-state index contributed by atoms with van der Waals surface area (Å²) in [6.45, 7) is 2.10. The van der Waals surface area contributed by atoms with E-state index in [4.69, 9.17) is 23.2 Å². The van der Waals surface area contributed by atoms with Gasteiger partial charge in [-0.1, -0.05) is 30.1 Å². The van der Waals surface area contributed by atoms with Crippen molar-refractivity contribution in [3.8, 4) is 11.3 Å². The molecule has 1 heterocycles. The third-order valence-electron chi connectivity index (χ3n) is 2.42. The number of nitrogens with zero attached hydrogens (tertiary/aromatic N) is 2. The number of aromatic nitrogens is 2. The largest absolute Gasteiger partial charge is 0.233 e. The van der Waals surface area contributed by atoms with Gasteiger partial charge in [-0.15, -0.1) is 0 Å². The Labute approximate surface area is 124 Å². The van der Waals surface area contributed by atoms with Gasteiger partial charge in [-0.2, -0.15) is 0 Å². The normalized spacial score (nSPS) is 10.7. The van der Waals surface area contributed by atoms with Gasteiger partial charge in [0.25, 0.3) is 0 Å². The average molecular weight is 346 g/mol. The van der Waals surface area contributed by atoms with Gasteiger partial charge in [-0.05, 0) is 46.6 Å². The molecule has 2 nitrogen and oxygen atoms in total. The molecule has 0 aliphatic rings. The second-order valence-electron chi connectivity index (χ2n) is 3.87. The molecule has 1 aromatic heterocycles. The fourth-order valence-corrected chi connectivity index (χ4v) is 2.56. The number of hydrogen-bond acceptors (Lipinski definition) is 2. The summed E-state index contributed by atoms with van der Waals surface area (Å²) in [4.78, 5) is 8.85. The molecule has 2 aromatic rings. The van der Waals surface area contributed by atoms with Crippen molar-refractivity contribution in [3.05, 3.63) is 44.7 Å². The van der Waals surface area contributed by atoms with Crippen LogP contribution in [0.25, 0.3) is 11.3 Å². The number of benzene rings is 1. The van der Waals surface area contributed by atoms with Crippen molar-refractivity contribution < 1.29 is 0 Å². The van der Waals surface area contributed by atoms with E-state index in [-0.39, 0.29) is 0 Å². The van der Waals surface area contributed by atoms with Crippen LogP contribution in [0.15, 0.2) is 28.9 Å². The summed E-state index contributed by atoms with van der Waals surface area (Å²) >= 11 is 15.5. The van der Waals surface area contributed by atoms with E-state index >= 15 is 0 Å². The summed E-state index contributed by atoms with van der Waals surface area (Å²) < 4.78 is 0.766. The highest BCUT2D eigenvalue weighted by atomic mass is 79.9. The van der Waals surface area contributed by atoms with Crippen LogP contribution in [0.4, 0.5) is 0 Å². The van der Waals surface area contributed by atoms with Crippen molar-refractivity contribution in [2.75, 3.05) is 0 Å². The van der Waals surface area contributed by atoms with E-state index in [0.717, 1.165) is 34.5 Å². The lowest BCUT2D eigenvalue weighted by Crippen LogP contribution is -1.97. The van der Waals surface area contributed by atoms with Gasteiger partial charge in [0.05, 0.1) is 10.7 Å². The first-order valence-corrected chi connectivity index (χ1v) is 7.14. The highest BCUT2D eigenvalue weighted by molar-refractivity contribution is 9.10. The molecule has 5 heteroatoms. The van der Waals surface area contributed by atoms with E-state index in [1.165, 1.54) is 0 Å². The van der Waals surface area contributed by atoms with Crippen LogP contribution in [0.3, 0.4) is 0 Å². The topological polar surface area (TPSA) is 25.8 Å². The summed E-state index contributed by atoms with van der Waals surface area (Å²) in [5.74, 6) is 0.813. The molecule has 0 N–H and O–H groups in total. The van der Waals surface area contributed by atoms with Gasteiger partial charge in [-0.25, -0.2) is 9.97 Å². The van der Waals surface area contributed by atoms with Crippen LogP contribution in [-0.2, 0) is 6.42 Å². The van der Waals surface area contributed by atoms with Gasteiger partial charge in [0.15, 0.2) is 0 Å². The fraction of sp³-hybridized carbons (Fsp3) is 0.231. The zero-order chi connectivity index (χ0) is 13.1. The second-order valence-corrected chi connectivity index (χ2v) is 5.52. The van der Waals surface area contributed by atoms with Gasteiger partial charge >= 0.3 is 0 Å². The van der Waals surface area contributed by atoms with E-state index in [9.17, 15) is 0 Å². The van der Waals surface area contributed by atoms with Gasteiger partial charge in [0, 0.05) is 17.0 Å². The minimum Gasteiger partial charge on any atom is -0.233 e. The predicted octanol–water partition coefficient (Wildman–Crippen LogP) is 5.17. The Morgan fingerprint density at radius 1 is 1.17 bits per heavy atom. The van der Waals surface area contributed by atoms with Crippen molar-refractivity contribution in [3.63, 3.8) is 0 Å². The smallest absolute Gasteiger partial charge is 0.130 e. The van der Waals surface area contributed by atoms with Crippen LogP contribution in [0.5, 0.6) is 0 Å². The summed E-state index contributed by atoms with van der Waals surface area (Å²) in [6, 6.07) is 7.25. The van der Waals surface area contributed by atoms with E-state index in [2.05, 4.69) is 32.8 Å². The third kappa shape index (κ3) is 3.22. The van der Waals surface area contributed by atoms with Crippen LogP contribution in [0.1, 0.15) is 19.2 Å². The lowest BCUT2D eigenvalue weighted by atomic mass is 10.1. The van der Waals surface area contributed by atoms with Crippen LogP contribution < -0.4 is 0 Å². The molecule has 0 saturated heterocycles. The zero-order valence-electron chi connectivity index (χ0n) is 9.75. The Morgan fingerprint density at radius 3 is 2.61 bits per heavy atom. The maximum atomic E-state index is 6.19. The quantitative estimate of drug-likeness (QED) is 0.717. The maximum absolute atomic E-state index is 6.19. The Hall–Kier alpha value is -0.640. The molecule has 0 amide bonds. The second kappa shape index (κ2) is 6.00. The molecule has 0 bridgehead atoms. The summed E-state index contributed by atoms with van der Waals surface area (Å²) in [5.41, 5.74) is 1.67. The van der Waals surface area contributed by atoms with Crippen molar-refractivity contribution in [1.29, 1.82) is 0 Å². The summed E-state index contributed by atoms with van der Waals surface area (Å²) in [5, 5.41) is 1.21. The fourth-order valence-electron chi connectivity index (χ4n) is 1.64. The maximum Gasteiger partial charge on any atom is 0.130 e. The van der Waals surface area contributed by atoms with Crippen molar-refractivity contribution in [2.45, 2.75) is 19.8 Å². The molecule has 0 spiro atoms. The molecule has 0 atom stereocenters. The van der Waals surface area contributed by atoms with Crippen molar-refractivity contribution in [1.82, 2.24) is 9.97 Å². The Kier molecular flexibility index (Phi) is 4.60. The molecule has 0 aliphatic carbocycles. The first-order chi connectivity index (χ1) is 8.60. The zero-order valence-corrected chi connectivity index (χ0v) is 12.8. The Morgan fingerprint density at radius 2 is 1.94 bits per heavy atom. The molecule has 18 heavy (non-hydrogen) atoms. The molecule has 0 radical (unpaired) electrons. The van der Waals surface area contributed by atoms with Crippen LogP contribution in [0, 0.1) is 0 Å². The first-order valence-electron chi connectivity index (χ1n) is 5.59. The summed E-state index contributed by atoms with van der Waals surface area (Å²) in [6.07, 6.45) is 1.85. The summed E-state index contributed by atoms with van der Waals surface area (Å²) in [7, 11) is 0. The molecule has 0 saturated carbocycles. The molecule has 94 valence electrons. The SMILES string of the molecule is CCCc1nc(Br)cc(-c2ccc(Cl)cc2Cl)n1. The van der Waals surface area contributed by atoms with Crippen molar-refractivity contribution >= 4 is 39.1 Å². The molecule has 0 unspecified atom stereocenters. The van der Waals surface area contributed by atoms with Crippen LogP contribution in [0.2, 0.25) is 10.0 Å². The molecular formula is C13H11BrCl2N2. The van der Waals surface area contributed by atoms with Crippen LogP contribution in [-0.4, -0.2) is 9.97 Å². The van der Waals surface area contributed by atoms with E-state index in [1.54, 1.807) is 12.1 Å². The molecule has 1 aromatic carbocycles. The molecule has 2 rings (SSSR count). The van der Waals surface area contributed by atoms with Crippen LogP contribution >= 0.6 is 39.1 Å². The standard InChI is InChI=1S/C13H11BrCl2N2/c1-2-3-13-17-11(7-12(14)18-13)9-5-4-8(15)6-10(9)16/h4-7H,2-3H2,1H3. The minimum absolute atomic E-state index is 0.593. The number of rotatable bonds is 3.